The first-order valence-corrected chi connectivity index (χ1v) is 21.7. The van der Waals surface area contributed by atoms with Crippen LogP contribution in [0.4, 0.5) is 17.1 Å². The summed E-state index contributed by atoms with van der Waals surface area (Å²) < 4.78 is 0. The van der Waals surface area contributed by atoms with Crippen molar-refractivity contribution in [1.82, 2.24) is 0 Å². The highest BCUT2D eigenvalue weighted by molar-refractivity contribution is 6.98. The second-order valence-electron chi connectivity index (χ2n) is 17.5. The molecule has 0 N–H and O–H groups in total. The van der Waals surface area contributed by atoms with Crippen LogP contribution in [0.1, 0.15) is 47.2 Å². The molecule has 0 bridgehead atoms. The van der Waals surface area contributed by atoms with Crippen molar-refractivity contribution >= 4 is 63.3 Å². The minimum Gasteiger partial charge on any atom is -0.311 e. The summed E-state index contributed by atoms with van der Waals surface area (Å²) >= 11 is 0. The molecule has 0 saturated carbocycles. The molecular formula is C58H43B2N. The Hall–Kier alpha value is -7.09. The fraction of sp³-hybridized carbons (Fsp3) is 0.0690. The first-order valence-electron chi connectivity index (χ1n) is 21.7. The maximum Gasteiger partial charge on any atom is 0.242 e. The van der Waals surface area contributed by atoms with Crippen LogP contribution in [0.3, 0.4) is 0 Å². The van der Waals surface area contributed by atoms with Gasteiger partial charge in [0.1, 0.15) is 0 Å². The Morgan fingerprint density at radius 3 is 1.33 bits per heavy atom. The highest BCUT2D eigenvalue weighted by Gasteiger charge is 2.55. The standard InChI is InChI=1S/C58H43B2N/c1-57(2)46-25-9-13-31-52(46)60-55-34-16-12-28-49(55)58(51-30-18-29-50(57)56(51)60)47-26-10-14-32-53(47)59(54-33-15-11-27-48(54)58)42-20-17-19-41(39-42)40-35-37-45(38-36-40)61(43-21-5-3-6-22-43)44-23-7-4-8-24-44/h3-39H,1-2H3. The van der Waals surface area contributed by atoms with Gasteiger partial charge in [0.05, 0.1) is 5.41 Å². The van der Waals surface area contributed by atoms with Crippen LogP contribution >= 0.6 is 0 Å². The van der Waals surface area contributed by atoms with Gasteiger partial charge in [-0.15, -0.1) is 0 Å². The van der Waals surface area contributed by atoms with Crippen LogP contribution in [0.5, 0.6) is 0 Å². The summed E-state index contributed by atoms with van der Waals surface area (Å²) in [4.78, 5) is 2.32. The third-order valence-electron chi connectivity index (χ3n) is 14.2. The summed E-state index contributed by atoms with van der Waals surface area (Å²) in [6.45, 7) is 5.08. The number of hydrogen-bond donors (Lipinski definition) is 0. The topological polar surface area (TPSA) is 3.24 Å². The predicted octanol–water partition coefficient (Wildman–Crippen LogP) is 9.50. The molecule has 3 heterocycles. The molecule has 3 heteroatoms. The molecule has 0 amide bonds. The van der Waals surface area contributed by atoms with Crippen molar-refractivity contribution in [3.63, 3.8) is 0 Å². The van der Waals surface area contributed by atoms with Gasteiger partial charge in [-0.25, -0.2) is 0 Å². The molecule has 0 saturated heterocycles. The van der Waals surface area contributed by atoms with Gasteiger partial charge in [0.25, 0.3) is 0 Å². The van der Waals surface area contributed by atoms with Crippen molar-refractivity contribution in [3.8, 4) is 11.1 Å². The predicted molar refractivity (Wildman–Crippen MR) is 259 cm³/mol. The van der Waals surface area contributed by atoms with E-state index in [0.29, 0.717) is 0 Å². The van der Waals surface area contributed by atoms with E-state index in [9.17, 15) is 0 Å². The van der Waals surface area contributed by atoms with Crippen molar-refractivity contribution in [2.75, 3.05) is 4.90 Å². The van der Waals surface area contributed by atoms with E-state index in [0.717, 1.165) is 17.1 Å². The Morgan fingerprint density at radius 1 is 0.328 bits per heavy atom. The normalized spacial score (nSPS) is 14.6. The van der Waals surface area contributed by atoms with Gasteiger partial charge < -0.3 is 4.90 Å². The Kier molecular flexibility index (Phi) is 8.06. The summed E-state index contributed by atoms with van der Waals surface area (Å²) in [5, 5.41) is 0. The van der Waals surface area contributed by atoms with Crippen LogP contribution in [0, 0.1) is 0 Å². The van der Waals surface area contributed by atoms with E-state index >= 15 is 0 Å². The Balaban J connectivity index is 1.02. The quantitative estimate of drug-likeness (QED) is 0.158. The van der Waals surface area contributed by atoms with E-state index in [1.807, 2.05) is 0 Å². The zero-order chi connectivity index (χ0) is 40.7. The summed E-state index contributed by atoms with van der Waals surface area (Å²) in [6.07, 6.45) is 0. The first kappa shape index (κ1) is 35.8. The highest BCUT2D eigenvalue weighted by atomic mass is 15.1. The minimum absolute atomic E-state index is 0.0606. The molecule has 0 radical (unpaired) electrons. The number of anilines is 3. The van der Waals surface area contributed by atoms with Crippen LogP contribution < -0.4 is 37.7 Å². The molecule has 3 aliphatic heterocycles. The van der Waals surface area contributed by atoms with Gasteiger partial charge in [0.15, 0.2) is 0 Å². The number of fused-ring (bicyclic) bond motifs is 10. The van der Waals surface area contributed by atoms with Gasteiger partial charge >= 0.3 is 0 Å². The van der Waals surface area contributed by atoms with Gasteiger partial charge in [-0.05, 0) is 80.9 Å². The zero-order valence-corrected chi connectivity index (χ0v) is 34.5. The molecule has 0 unspecified atom stereocenters. The van der Waals surface area contributed by atoms with Crippen molar-refractivity contribution in [2.24, 2.45) is 0 Å². The van der Waals surface area contributed by atoms with E-state index in [-0.39, 0.29) is 18.8 Å². The highest BCUT2D eigenvalue weighted by Crippen LogP contribution is 2.49. The molecule has 0 aliphatic carbocycles. The lowest BCUT2D eigenvalue weighted by molar-refractivity contribution is 0.640. The largest absolute Gasteiger partial charge is 0.311 e. The molecule has 9 aromatic carbocycles. The van der Waals surface area contributed by atoms with Crippen LogP contribution in [0.2, 0.25) is 0 Å². The number of rotatable bonds is 5. The van der Waals surface area contributed by atoms with E-state index in [4.69, 9.17) is 0 Å². The lowest BCUT2D eigenvalue weighted by Crippen LogP contribution is -2.70. The summed E-state index contributed by atoms with van der Waals surface area (Å²) in [5.74, 6) is 0. The van der Waals surface area contributed by atoms with E-state index in [1.165, 1.54) is 77.3 Å². The molecule has 1 spiro atoms. The molecule has 0 aromatic heterocycles. The van der Waals surface area contributed by atoms with Gasteiger partial charge in [-0.1, -0.05) is 235 Å². The second-order valence-corrected chi connectivity index (χ2v) is 17.5. The van der Waals surface area contributed by atoms with Crippen molar-refractivity contribution in [2.45, 2.75) is 24.7 Å². The van der Waals surface area contributed by atoms with E-state index in [2.05, 4.69) is 243 Å². The maximum atomic E-state index is 2.46. The van der Waals surface area contributed by atoms with Gasteiger partial charge in [-0.2, -0.15) is 0 Å². The lowest BCUT2D eigenvalue weighted by atomic mass is 9.24. The molecule has 3 aliphatic rings. The Morgan fingerprint density at radius 2 is 0.754 bits per heavy atom. The monoisotopic (exact) mass is 775 g/mol. The summed E-state index contributed by atoms with van der Waals surface area (Å²) in [6, 6.07) is 84.1. The smallest absolute Gasteiger partial charge is 0.242 e. The molecule has 0 fully saturated rings. The first-order chi connectivity index (χ1) is 30.0. The number of benzene rings is 9. The van der Waals surface area contributed by atoms with E-state index < -0.39 is 5.41 Å². The molecular weight excluding hydrogens is 732 g/mol. The number of nitrogens with zero attached hydrogens (tertiary/aromatic N) is 1. The molecule has 1 nitrogen and oxygen atoms in total. The molecule has 286 valence electrons. The Bertz CT molecular complexity index is 3050. The van der Waals surface area contributed by atoms with Gasteiger partial charge in [0.2, 0.25) is 13.4 Å². The summed E-state index contributed by atoms with van der Waals surface area (Å²) in [7, 11) is 0. The third kappa shape index (κ3) is 5.17. The molecule has 12 rings (SSSR count). The maximum absolute atomic E-state index is 2.46. The van der Waals surface area contributed by atoms with Gasteiger partial charge in [-0.3, -0.25) is 0 Å². The summed E-state index contributed by atoms with van der Waals surface area (Å²) in [5.41, 5.74) is 22.0. The van der Waals surface area contributed by atoms with Crippen molar-refractivity contribution in [3.05, 3.63) is 258 Å². The average Bonchev–Trinajstić information content (AvgIpc) is 3.32. The van der Waals surface area contributed by atoms with Crippen molar-refractivity contribution < 1.29 is 0 Å². The fourth-order valence-corrected chi connectivity index (χ4v) is 11.7. The molecule has 0 atom stereocenters. The van der Waals surface area contributed by atoms with Gasteiger partial charge in [0, 0.05) is 22.5 Å². The van der Waals surface area contributed by atoms with Crippen LogP contribution in [-0.4, -0.2) is 13.4 Å². The zero-order valence-electron chi connectivity index (χ0n) is 34.5. The second kappa shape index (κ2) is 13.7. The SMILES string of the molecule is CC1(C)c2ccccc2B2c3ccccc3C3(c4ccccc4B(c4cccc(-c5ccc(N(c6ccccc6)c6ccccc6)cc5)c4)c4ccccc43)c3cccc1c32. The van der Waals surface area contributed by atoms with Crippen molar-refractivity contribution in [1.29, 1.82) is 0 Å². The van der Waals surface area contributed by atoms with Crippen LogP contribution in [0.25, 0.3) is 11.1 Å². The Labute approximate surface area is 360 Å². The van der Waals surface area contributed by atoms with Crippen LogP contribution in [0.15, 0.2) is 224 Å². The average molecular weight is 776 g/mol. The van der Waals surface area contributed by atoms with Crippen LogP contribution in [-0.2, 0) is 10.8 Å². The molecule has 9 aromatic rings. The number of hydrogen-bond acceptors (Lipinski definition) is 1. The number of para-hydroxylation sites is 2. The molecule has 61 heavy (non-hydrogen) atoms. The van der Waals surface area contributed by atoms with E-state index in [1.54, 1.807) is 0 Å². The fourth-order valence-electron chi connectivity index (χ4n) is 11.7. The minimum atomic E-state index is -0.485. The lowest BCUT2D eigenvalue weighted by Gasteiger charge is -2.52. The third-order valence-corrected chi connectivity index (χ3v) is 14.2.